The van der Waals surface area contributed by atoms with Crippen molar-refractivity contribution in [2.24, 2.45) is 11.8 Å². The van der Waals surface area contributed by atoms with Crippen molar-refractivity contribution in [3.63, 3.8) is 0 Å². The van der Waals surface area contributed by atoms with E-state index in [1.807, 2.05) is 0 Å². The molecular formula is C79H154O17P2. The molecule has 0 aliphatic carbocycles. The molecule has 0 aromatic rings. The van der Waals surface area contributed by atoms with Gasteiger partial charge in [0.1, 0.15) is 19.3 Å². The highest BCUT2D eigenvalue weighted by Crippen LogP contribution is 2.45. The number of aliphatic hydroxyl groups is 1. The first kappa shape index (κ1) is 96.1. The zero-order valence-electron chi connectivity index (χ0n) is 64.1. The van der Waals surface area contributed by atoms with E-state index in [2.05, 4.69) is 41.5 Å². The minimum Gasteiger partial charge on any atom is -0.462 e. The summed E-state index contributed by atoms with van der Waals surface area (Å²) in [5.74, 6) is -0.462. The second kappa shape index (κ2) is 70.7. The number of carbonyl (C=O) groups is 4. The maximum absolute atomic E-state index is 13.1. The van der Waals surface area contributed by atoms with E-state index in [-0.39, 0.29) is 25.7 Å². The SMILES string of the molecule is CCCCCCCCCCCCCCCCC(=O)O[C@H](COC(=O)CCCCCCCCC)COP(=O)(O)OC[C@H](O)COP(=O)(O)OC[C@@H](COC(=O)CCCCCCCCCCCCCCC(C)C)OC(=O)CCCCCCCCCCCCCCCCCCCCC(C)CC. The van der Waals surface area contributed by atoms with Crippen LogP contribution >= 0.6 is 15.6 Å². The Morgan fingerprint density at radius 1 is 0.296 bits per heavy atom. The van der Waals surface area contributed by atoms with Gasteiger partial charge in [-0.1, -0.05) is 363 Å². The number of phosphoric ester groups is 2. The van der Waals surface area contributed by atoms with Crippen LogP contribution in [0.2, 0.25) is 0 Å². The predicted octanol–water partition coefficient (Wildman–Crippen LogP) is 23.5. The van der Waals surface area contributed by atoms with Gasteiger partial charge in [-0.3, -0.25) is 37.3 Å². The molecule has 0 fully saturated rings. The molecular weight excluding hydrogens is 1280 g/mol. The highest BCUT2D eigenvalue weighted by atomic mass is 31.2. The number of aliphatic hydroxyl groups excluding tert-OH is 1. The Balaban J connectivity index is 5.16. The van der Waals surface area contributed by atoms with Gasteiger partial charge in [0.25, 0.3) is 0 Å². The highest BCUT2D eigenvalue weighted by molar-refractivity contribution is 7.47. The van der Waals surface area contributed by atoms with E-state index in [9.17, 15) is 43.2 Å². The molecule has 3 unspecified atom stereocenters. The number of ether oxygens (including phenoxy) is 4. The quantitative estimate of drug-likeness (QED) is 0.0222. The summed E-state index contributed by atoms with van der Waals surface area (Å²) in [5.41, 5.74) is 0. The van der Waals surface area contributed by atoms with E-state index < -0.39 is 97.5 Å². The van der Waals surface area contributed by atoms with E-state index in [1.165, 1.54) is 218 Å². The van der Waals surface area contributed by atoms with Crippen molar-refractivity contribution in [3.05, 3.63) is 0 Å². The van der Waals surface area contributed by atoms with Crippen molar-refractivity contribution >= 4 is 39.5 Å². The van der Waals surface area contributed by atoms with E-state index in [0.29, 0.717) is 25.7 Å². The number of unbranched alkanes of at least 4 members (excludes halogenated alkanes) is 47. The number of hydrogen-bond acceptors (Lipinski definition) is 15. The molecule has 0 saturated heterocycles. The van der Waals surface area contributed by atoms with Crippen LogP contribution in [0.1, 0.15) is 414 Å². The van der Waals surface area contributed by atoms with E-state index in [0.717, 1.165) is 115 Å². The summed E-state index contributed by atoms with van der Waals surface area (Å²) in [6, 6.07) is 0. The Kier molecular flexibility index (Phi) is 69.3. The minimum atomic E-state index is -4.96. The zero-order chi connectivity index (χ0) is 72.1. The number of phosphoric acid groups is 2. The molecule has 582 valence electrons. The van der Waals surface area contributed by atoms with Gasteiger partial charge in [0.05, 0.1) is 26.4 Å². The molecule has 0 aliphatic heterocycles. The van der Waals surface area contributed by atoms with Gasteiger partial charge in [0.2, 0.25) is 0 Å². The van der Waals surface area contributed by atoms with Crippen LogP contribution in [0.25, 0.3) is 0 Å². The first-order valence-electron chi connectivity index (χ1n) is 41.0. The van der Waals surface area contributed by atoms with Gasteiger partial charge in [-0.15, -0.1) is 0 Å². The van der Waals surface area contributed by atoms with Crippen LogP contribution in [-0.2, 0) is 65.4 Å². The number of rotatable bonds is 78. The Morgan fingerprint density at radius 2 is 0.520 bits per heavy atom. The number of hydrogen-bond donors (Lipinski definition) is 3. The fraction of sp³-hybridized carbons (Fsp3) is 0.949. The lowest BCUT2D eigenvalue weighted by atomic mass is 9.99. The highest BCUT2D eigenvalue weighted by Gasteiger charge is 2.30. The average molecular weight is 1440 g/mol. The Labute approximate surface area is 600 Å². The first-order valence-corrected chi connectivity index (χ1v) is 44.0. The molecule has 0 spiro atoms. The van der Waals surface area contributed by atoms with Gasteiger partial charge < -0.3 is 33.8 Å². The summed E-state index contributed by atoms with van der Waals surface area (Å²) in [4.78, 5) is 72.8. The van der Waals surface area contributed by atoms with Crippen molar-refractivity contribution < 1.29 is 80.2 Å². The molecule has 6 atom stereocenters. The Hall–Kier alpha value is -1.94. The lowest BCUT2D eigenvalue weighted by Crippen LogP contribution is -2.30. The van der Waals surface area contributed by atoms with Crippen molar-refractivity contribution in [1.82, 2.24) is 0 Å². The minimum absolute atomic E-state index is 0.108. The van der Waals surface area contributed by atoms with Gasteiger partial charge in [-0.05, 0) is 37.5 Å². The molecule has 0 rings (SSSR count). The van der Waals surface area contributed by atoms with Crippen molar-refractivity contribution in [3.8, 4) is 0 Å². The van der Waals surface area contributed by atoms with Crippen molar-refractivity contribution in [2.45, 2.75) is 432 Å². The largest absolute Gasteiger partial charge is 0.472 e. The zero-order valence-corrected chi connectivity index (χ0v) is 65.9. The Bertz CT molecular complexity index is 1890. The van der Waals surface area contributed by atoms with Crippen LogP contribution < -0.4 is 0 Å². The third-order valence-corrected chi connectivity index (χ3v) is 20.7. The maximum atomic E-state index is 13.1. The van der Waals surface area contributed by atoms with Crippen LogP contribution in [0.3, 0.4) is 0 Å². The molecule has 98 heavy (non-hydrogen) atoms. The standard InChI is InChI=1S/C79H154O17P2/c1-7-10-12-14-16-17-18-19-27-34-39-45-51-57-63-78(83)95-74(67-89-76(81)61-55-49-41-15-13-11-8-2)69-93-97(85,86)91-65-73(80)66-92-98(87,88)94-70-75(68-90-77(82)62-56-50-44-38-33-30-29-31-36-42-47-53-59-71(4)5)96-79(84)64-58-52-46-40-35-28-25-23-21-20-22-24-26-32-37-43-48-54-60-72(6)9-3/h71-75,80H,7-70H2,1-6H3,(H,85,86)(H,87,88)/t72?,73-,74+,75+/m0/s1. The molecule has 0 saturated carbocycles. The first-order chi connectivity index (χ1) is 47.4. The molecule has 3 N–H and O–H groups in total. The molecule has 0 bridgehead atoms. The monoisotopic (exact) mass is 1440 g/mol. The second-order valence-electron chi connectivity index (χ2n) is 29.2. The fourth-order valence-electron chi connectivity index (χ4n) is 12.2. The van der Waals surface area contributed by atoms with Crippen molar-refractivity contribution in [1.29, 1.82) is 0 Å². The third kappa shape index (κ3) is 71.1. The van der Waals surface area contributed by atoms with Crippen LogP contribution in [0, 0.1) is 11.8 Å². The molecule has 0 amide bonds. The summed E-state index contributed by atoms with van der Waals surface area (Å²) in [6.07, 6.45) is 59.8. The summed E-state index contributed by atoms with van der Waals surface area (Å²) >= 11 is 0. The summed E-state index contributed by atoms with van der Waals surface area (Å²) in [7, 11) is -9.91. The smallest absolute Gasteiger partial charge is 0.462 e. The average Bonchev–Trinajstić information content (AvgIpc) is 1.08. The number of carbonyl (C=O) groups excluding carboxylic acids is 4. The van der Waals surface area contributed by atoms with Gasteiger partial charge in [0, 0.05) is 25.7 Å². The molecule has 0 aliphatic rings. The molecule has 0 aromatic carbocycles. The Morgan fingerprint density at radius 3 is 0.776 bits per heavy atom. The second-order valence-corrected chi connectivity index (χ2v) is 32.1. The van der Waals surface area contributed by atoms with Crippen LogP contribution in [0.4, 0.5) is 0 Å². The van der Waals surface area contributed by atoms with Crippen molar-refractivity contribution in [2.75, 3.05) is 39.6 Å². The lowest BCUT2D eigenvalue weighted by Gasteiger charge is -2.21. The van der Waals surface area contributed by atoms with Crippen LogP contribution in [-0.4, -0.2) is 96.7 Å². The third-order valence-electron chi connectivity index (χ3n) is 18.8. The van der Waals surface area contributed by atoms with Gasteiger partial charge in [-0.25, -0.2) is 9.13 Å². The predicted molar refractivity (Wildman–Crippen MR) is 400 cm³/mol. The van der Waals surface area contributed by atoms with E-state index >= 15 is 0 Å². The number of esters is 4. The van der Waals surface area contributed by atoms with Crippen LogP contribution in [0.15, 0.2) is 0 Å². The lowest BCUT2D eigenvalue weighted by molar-refractivity contribution is -0.161. The van der Waals surface area contributed by atoms with Gasteiger partial charge in [0.15, 0.2) is 12.2 Å². The summed E-state index contributed by atoms with van der Waals surface area (Å²) in [5, 5.41) is 10.6. The molecule has 0 aromatic heterocycles. The summed E-state index contributed by atoms with van der Waals surface area (Å²) < 4.78 is 68.5. The molecule has 0 radical (unpaired) electrons. The van der Waals surface area contributed by atoms with E-state index in [4.69, 9.17) is 37.0 Å². The maximum Gasteiger partial charge on any atom is 0.472 e. The van der Waals surface area contributed by atoms with E-state index in [1.54, 1.807) is 0 Å². The summed E-state index contributed by atoms with van der Waals surface area (Å²) in [6.45, 7) is 9.66. The van der Waals surface area contributed by atoms with Crippen LogP contribution in [0.5, 0.6) is 0 Å². The fourth-order valence-corrected chi connectivity index (χ4v) is 13.7. The van der Waals surface area contributed by atoms with Gasteiger partial charge >= 0.3 is 39.5 Å². The molecule has 0 heterocycles. The van der Waals surface area contributed by atoms with Gasteiger partial charge in [-0.2, -0.15) is 0 Å². The molecule has 17 nitrogen and oxygen atoms in total. The topological polar surface area (TPSA) is 237 Å². The normalized spacial score (nSPS) is 14.2. The molecule has 19 heteroatoms.